The van der Waals surface area contributed by atoms with Crippen LogP contribution >= 0.6 is 23.2 Å². The third-order valence-corrected chi connectivity index (χ3v) is 4.45. The largest absolute Gasteiger partial charge is 0.0829 e. The molecule has 20 heavy (non-hydrogen) atoms. The number of rotatable bonds is 0. The van der Waals surface area contributed by atoms with Crippen LogP contribution in [0.3, 0.4) is 0 Å². The summed E-state index contributed by atoms with van der Waals surface area (Å²) in [5.74, 6) is 6.93. The van der Waals surface area contributed by atoms with Crippen molar-refractivity contribution < 1.29 is 0 Å². The van der Waals surface area contributed by atoms with Crippen LogP contribution in [-0.2, 0) is 6.42 Å². The van der Waals surface area contributed by atoms with Crippen molar-refractivity contribution in [2.45, 2.75) is 25.7 Å². The highest BCUT2D eigenvalue weighted by Crippen LogP contribution is 2.32. The van der Waals surface area contributed by atoms with Crippen LogP contribution in [0.4, 0.5) is 0 Å². The standard InChI is InChI=1S/C18H14Cl2/c1-12-5-8-14-11-13(6-9-15(12)14)7-10-16-17(19)3-2-4-18(16)20/h2-4,6,9,11-12H,5,8H2,1H3. The van der Waals surface area contributed by atoms with Gasteiger partial charge in [-0.2, -0.15) is 0 Å². The Hall–Kier alpha value is -1.42. The molecule has 100 valence electrons. The average molecular weight is 301 g/mol. The molecule has 1 aliphatic rings. The lowest BCUT2D eigenvalue weighted by atomic mass is 10.0. The Morgan fingerprint density at radius 2 is 1.80 bits per heavy atom. The first-order valence-electron chi connectivity index (χ1n) is 6.74. The maximum atomic E-state index is 6.12. The molecule has 1 aliphatic carbocycles. The molecule has 0 heterocycles. The molecule has 0 spiro atoms. The van der Waals surface area contributed by atoms with Gasteiger partial charge in [0.05, 0.1) is 15.6 Å². The van der Waals surface area contributed by atoms with Gasteiger partial charge >= 0.3 is 0 Å². The molecule has 2 heteroatoms. The Labute approximate surface area is 129 Å². The van der Waals surface area contributed by atoms with Crippen LogP contribution in [-0.4, -0.2) is 0 Å². The Balaban J connectivity index is 1.95. The number of hydrogen-bond donors (Lipinski definition) is 0. The molecule has 3 rings (SSSR count). The zero-order valence-electron chi connectivity index (χ0n) is 11.2. The Morgan fingerprint density at radius 3 is 2.55 bits per heavy atom. The Morgan fingerprint density at radius 1 is 1.05 bits per heavy atom. The summed E-state index contributed by atoms with van der Waals surface area (Å²) in [6, 6.07) is 11.9. The van der Waals surface area contributed by atoms with Crippen LogP contribution in [0.1, 0.15) is 41.5 Å². The van der Waals surface area contributed by atoms with Crippen LogP contribution < -0.4 is 0 Å². The Kier molecular flexibility index (Phi) is 3.74. The van der Waals surface area contributed by atoms with Crippen molar-refractivity contribution >= 4 is 23.2 Å². The topological polar surface area (TPSA) is 0 Å². The Bertz CT molecular complexity index is 700. The van der Waals surface area contributed by atoms with E-state index in [2.05, 4.69) is 37.0 Å². The zero-order valence-corrected chi connectivity index (χ0v) is 12.7. The van der Waals surface area contributed by atoms with Gasteiger partial charge < -0.3 is 0 Å². The van der Waals surface area contributed by atoms with Gasteiger partial charge in [-0.25, -0.2) is 0 Å². The summed E-state index contributed by atoms with van der Waals surface area (Å²) in [5.41, 5.74) is 4.61. The second-order valence-electron chi connectivity index (χ2n) is 5.20. The van der Waals surface area contributed by atoms with E-state index in [-0.39, 0.29) is 0 Å². The quantitative estimate of drug-likeness (QED) is 0.568. The average Bonchev–Trinajstić information content (AvgIpc) is 2.79. The first-order valence-corrected chi connectivity index (χ1v) is 7.49. The van der Waals surface area contributed by atoms with E-state index in [1.807, 2.05) is 18.2 Å². The number of hydrogen-bond acceptors (Lipinski definition) is 0. The van der Waals surface area contributed by atoms with Gasteiger partial charge in [-0.15, -0.1) is 0 Å². The van der Waals surface area contributed by atoms with E-state index in [1.54, 1.807) is 0 Å². The molecule has 1 unspecified atom stereocenters. The van der Waals surface area contributed by atoms with Crippen molar-refractivity contribution in [2.75, 3.05) is 0 Å². The lowest BCUT2D eigenvalue weighted by molar-refractivity contribution is 0.747. The third-order valence-electron chi connectivity index (χ3n) is 3.82. The fourth-order valence-electron chi connectivity index (χ4n) is 2.66. The van der Waals surface area contributed by atoms with E-state index in [4.69, 9.17) is 23.2 Å². The predicted molar refractivity (Wildman–Crippen MR) is 85.6 cm³/mol. The van der Waals surface area contributed by atoms with Crippen molar-refractivity contribution in [2.24, 2.45) is 0 Å². The van der Waals surface area contributed by atoms with Crippen molar-refractivity contribution in [3.05, 3.63) is 68.7 Å². The van der Waals surface area contributed by atoms with Crippen molar-refractivity contribution in [3.8, 4) is 11.8 Å². The summed E-state index contributed by atoms with van der Waals surface area (Å²) < 4.78 is 0. The number of fused-ring (bicyclic) bond motifs is 1. The fraction of sp³-hybridized carbons (Fsp3) is 0.222. The first kappa shape index (κ1) is 13.6. The van der Waals surface area contributed by atoms with E-state index in [1.165, 1.54) is 17.5 Å². The van der Waals surface area contributed by atoms with Gasteiger partial charge in [0.15, 0.2) is 0 Å². The van der Waals surface area contributed by atoms with E-state index >= 15 is 0 Å². The summed E-state index contributed by atoms with van der Waals surface area (Å²) in [7, 11) is 0. The molecule has 0 aromatic heterocycles. The van der Waals surface area contributed by atoms with Gasteiger partial charge in [-0.1, -0.05) is 54.1 Å². The maximum absolute atomic E-state index is 6.12. The molecule has 1 atom stereocenters. The number of benzene rings is 2. The summed E-state index contributed by atoms with van der Waals surface area (Å²) >= 11 is 12.2. The molecule has 2 aromatic rings. The molecule has 0 amide bonds. The van der Waals surface area contributed by atoms with Gasteiger partial charge in [0.25, 0.3) is 0 Å². The second-order valence-corrected chi connectivity index (χ2v) is 6.01. The van der Waals surface area contributed by atoms with Gasteiger partial charge in [-0.05, 0) is 54.2 Å². The molecule has 0 N–H and O–H groups in total. The van der Waals surface area contributed by atoms with Crippen LogP contribution in [0, 0.1) is 11.8 Å². The normalized spacial score (nSPS) is 16.4. The monoisotopic (exact) mass is 300 g/mol. The highest BCUT2D eigenvalue weighted by molar-refractivity contribution is 6.36. The van der Waals surface area contributed by atoms with Crippen LogP contribution in [0.15, 0.2) is 36.4 Å². The molecule has 0 bridgehead atoms. The molecule has 0 fully saturated rings. The molecule has 0 saturated carbocycles. The minimum absolute atomic E-state index is 0.597. The van der Waals surface area contributed by atoms with Crippen molar-refractivity contribution in [3.63, 3.8) is 0 Å². The molecule has 0 radical (unpaired) electrons. The predicted octanol–water partition coefficient (Wildman–Crippen LogP) is 5.44. The second kappa shape index (κ2) is 5.52. The molecule has 0 saturated heterocycles. The zero-order chi connectivity index (χ0) is 14.1. The van der Waals surface area contributed by atoms with Crippen LogP contribution in [0.2, 0.25) is 10.0 Å². The first-order chi connectivity index (χ1) is 9.65. The van der Waals surface area contributed by atoms with Gasteiger partial charge in [-0.3, -0.25) is 0 Å². The lowest BCUT2D eigenvalue weighted by Gasteiger charge is -2.03. The molecule has 0 nitrogen and oxygen atoms in total. The van der Waals surface area contributed by atoms with E-state index < -0.39 is 0 Å². The van der Waals surface area contributed by atoms with Gasteiger partial charge in [0, 0.05) is 5.56 Å². The summed E-state index contributed by atoms with van der Waals surface area (Å²) in [6.45, 7) is 2.28. The number of aryl methyl sites for hydroxylation is 1. The van der Waals surface area contributed by atoms with Gasteiger partial charge in [0.1, 0.15) is 0 Å². The van der Waals surface area contributed by atoms with E-state index in [9.17, 15) is 0 Å². The molecular weight excluding hydrogens is 287 g/mol. The fourth-order valence-corrected chi connectivity index (χ4v) is 3.15. The van der Waals surface area contributed by atoms with Crippen molar-refractivity contribution in [1.29, 1.82) is 0 Å². The minimum Gasteiger partial charge on any atom is -0.0829 e. The summed E-state index contributed by atoms with van der Waals surface area (Å²) in [4.78, 5) is 0. The molecular formula is C18H14Cl2. The van der Waals surface area contributed by atoms with E-state index in [0.717, 1.165) is 12.0 Å². The van der Waals surface area contributed by atoms with Crippen LogP contribution in [0.5, 0.6) is 0 Å². The smallest absolute Gasteiger partial charge is 0.0621 e. The summed E-state index contributed by atoms with van der Waals surface area (Å²) in [5, 5.41) is 1.19. The minimum atomic E-state index is 0.597. The molecule has 2 aromatic carbocycles. The number of halogens is 2. The SMILES string of the molecule is CC1CCc2cc(C#Cc3c(Cl)cccc3Cl)ccc21. The highest BCUT2D eigenvalue weighted by Gasteiger charge is 2.17. The summed E-state index contributed by atoms with van der Waals surface area (Å²) in [6.07, 6.45) is 2.39. The third kappa shape index (κ3) is 2.57. The molecule has 0 aliphatic heterocycles. The maximum Gasteiger partial charge on any atom is 0.0621 e. The highest BCUT2D eigenvalue weighted by atomic mass is 35.5. The van der Waals surface area contributed by atoms with Gasteiger partial charge in [0.2, 0.25) is 0 Å². The van der Waals surface area contributed by atoms with E-state index in [0.29, 0.717) is 21.5 Å². The van der Waals surface area contributed by atoms with Crippen LogP contribution in [0.25, 0.3) is 0 Å². The van der Waals surface area contributed by atoms with Crippen molar-refractivity contribution in [1.82, 2.24) is 0 Å². The lowest BCUT2D eigenvalue weighted by Crippen LogP contribution is -1.87.